The first kappa shape index (κ1) is 16.5. The van der Waals surface area contributed by atoms with Crippen molar-refractivity contribution in [3.05, 3.63) is 68.3 Å². The molecule has 0 bridgehead atoms. The van der Waals surface area contributed by atoms with Gasteiger partial charge in [-0.1, -0.05) is 42.8 Å². The first-order chi connectivity index (χ1) is 10.1. The molecule has 1 nitrogen and oxygen atoms in total. The van der Waals surface area contributed by atoms with Crippen LogP contribution in [-0.2, 0) is 6.42 Å². The molecule has 0 spiro atoms. The third-order valence-corrected chi connectivity index (χ3v) is 4.52. The average molecular weight is 393 g/mol. The highest BCUT2D eigenvalue weighted by Crippen LogP contribution is 2.23. The lowest BCUT2D eigenvalue weighted by Gasteiger charge is -2.22. The second kappa shape index (κ2) is 7.95. The fourth-order valence-corrected chi connectivity index (χ4v) is 2.96. The molecule has 2 aromatic rings. The largest absolute Gasteiger partial charge is 0.310 e. The highest BCUT2D eigenvalue weighted by molar-refractivity contribution is 14.1. The zero-order chi connectivity index (χ0) is 15.2. The number of nitrogens with one attached hydrogen (secondary N) is 1. The van der Waals surface area contributed by atoms with Gasteiger partial charge in [0.1, 0.15) is 0 Å². The predicted molar refractivity (Wildman–Crippen MR) is 99.8 cm³/mol. The first-order valence-corrected chi connectivity index (χ1v) is 8.73. The molecule has 2 heteroatoms. The van der Waals surface area contributed by atoms with Gasteiger partial charge in [0, 0.05) is 9.61 Å². The van der Waals surface area contributed by atoms with Crippen molar-refractivity contribution in [1.29, 1.82) is 0 Å². The summed E-state index contributed by atoms with van der Waals surface area (Å²) in [4.78, 5) is 0. The van der Waals surface area contributed by atoms with Crippen LogP contribution in [0.1, 0.15) is 41.6 Å². The fourth-order valence-electron chi connectivity index (χ4n) is 2.60. The Balaban J connectivity index is 2.25. The molecule has 1 atom stereocenters. The van der Waals surface area contributed by atoms with Crippen LogP contribution in [0, 0.1) is 17.4 Å². The van der Waals surface area contributed by atoms with Gasteiger partial charge < -0.3 is 5.32 Å². The van der Waals surface area contributed by atoms with Crippen LogP contribution in [0.25, 0.3) is 0 Å². The number of hydrogen-bond donors (Lipinski definition) is 1. The third kappa shape index (κ3) is 4.82. The molecule has 0 saturated heterocycles. The first-order valence-electron chi connectivity index (χ1n) is 7.65. The second-order valence-corrected chi connectivity index (χ2v) is 6.94. The maximum Gasteiger partial charge on any atom is 0.0363 e. The maximum atomic E-state index is 3.71. The second-order valence-electron chi connectivity index (χ2n) is 5.70. The highest BCUT2D eigenvalue weighted by Gasteiger charge is 2.14. The number of halogens is 1. The minimum Gasteiger partial charge on any atom is -0.310 e. The van der Waals surface area contributed by atoms with Crippen LogP contribution in [0.2, 0.25) is 0 Å². The Morgan fingerprint density at radius 2 is 1.76 bits per heavy atom. The van der Waals surface area contributed by atoms with Gasteiger partial charge in [-0.3, -0.25) is 0 Å². The molecule has 2 rings (SSSR count). The molecule has 0 aliphatic heterocycles. The summed E-state index contributed by atoms with van der Waals surface area (Å²) in [7, 11) is 0. The molecule has 0 heterocycles. The third-order valence-electron chi connectivity index (χ3n) is 3.80. The summed E-state index contributed by atoms with van der Waals surface area (Å²) in [6.07, 6.45) is 2.20. The normalized spacial score (nSPS) is 12.4. The van der Waals surface area contributed by atoms with Crippen LogP contribution in [0.5, 0.6) is 0 Å². The minimum atomic E-state index is 0.393. The summed E-state index contributed by atoms with van der Waals surface area (Å²) in [5, 5.41) is 3.71. The van der Waals surface area contributed by atoms with Crippen LogP contribution < -0.4 is 5.32 Å². The Bertz CT molecular complexity index is 575. The zero-order valence-corrected chi connectivity index (χ0v) is 15.3. The van der Waals surface area contributed by atoms with E-state index in [0.717, 1.165) is 19.4 Å². The monoisotopic (exact) mass is 393 g/mol. The standard InChI is InChI=1S/C19H24IN/c1-4-11-21-19(13-16-7-9-17(20)10-8-16)18-12-14(2)5-6-15(18)3/h5-10,12,19,21H,4,11,13H2,1-3H3. The van der Waals surface area contributed by atoms with E-state index in [2.05, 4.69) is 91.1 Å². The Morgan fingerprint density at radius 1 is 1.05 bits per heavy atom. The van der Waals surface area contributed by atoms with E-state index >= 15 is 0 Å². The van der Waals surface area contributed by atoms with Crippen molar-refractivity contribution in [2.45, 2.75) is 39.7 Å². The van der Waals surface area contributed by atoms with Crippen molar-refractivity contribution in [1.82, 2.24) is 5.32 Å². The van der Waals surface area contributed by atoms with Crippen molar-refractivity contribution < 1.29 is 0 Å². The Labute approximate surface area is 142 Å². The molecule has 0 radical (unpaired) electrons. The average Bonchev–Trinajstić information content (AvgIpc) is 2.48. The molecule has 0 aliphatic carbocycles. The molecule has 0 amide bonds. The Morgan fingerprint density at radius 3 is 2.43 bits per heavy atom. The maximum absolute atomic E-state index is 3.71. The summed E-state index contributed by atoms with van der Waals surface area (Å²) in [5.74, 6) is 0. The smallest absolute Gasteiger partial charge is 0.0363 e. The van der Waals surface area contributed by atoms with Crippen LogP contribution >= 0.6 is 22.6 Å². The van der Waals surface area contributed by atoms with Gasteiger partial charge >= 0.3 is 0 Å². The minimum absolute atomic E-state index is 0.393. The van der Waals surface area contributed by atoms with Crippen LogP contribution in [-0.4, -0.2) is 6.54 Å². The summed E-state index contributed by atoms with van der Waals surface area (Å²) >= 11 is 2.36. The molecule has 112 valence electrons. The van der Waals surface area contributed by atoms with Gasteiger partial charge in [0.15, 0.2) is 0 Å². The molecular weight excluding hydrogens is 369 g/mol. The Kier molecular flexibility index (Phi) is 6.24. The van der Waals surface area contributed by atoms with E-state index in [1.54, 1.807) is 0 Å². The van der Waals surface area contributed by atoms with E-state index in [4.69, 9.17) is 0 Å². The number of aryl methyl sites for hydroxylation is 2. The van der Waals surface area contributed by atoms with E-state index < -0.39 is 0 Å². The summed E-state index contributed by atoms with van der Waals surface area (Å²) < 4.78 is 1.29. The number of hydrogen-bond acceptors (Lipinski definition) is 1. The fraction of sp³-hybridized carbons (Fsp3) is 0.368. The van der Waals surface area contributed by atoms with E-state index in [-0.39, 0.29) is 0 Å². The topological polar surface area (TPSA) is 12.0 Å². The van der Waals surface area contributed by atoms with E-state index in [1.165, 1.54) is 25.8 Å². The molecular formula is C19H24IN. The molecule has 1 N–H and O–H groups in total. The SMILES string of the molecule is CCCNC(Cc1ccc(I)cc1)c1cc(C)ccc1C. The summed E-state index contributed by atoms with van der Waals surface area (Å²) in [6, 6.07) is 16.0. The van der Waals surface area contributed by atoms with Crippen molar-refractivity contribution in [3.8, 4) is 0 Å². The van der Waals surface area contributed by atoms with E-state index in [9.17, 15) is 0 Å². The number of benzene rings is 2. The molecule has 2 aromatic carbocycles. The quantitative estimate of drug-likeness (QED) is 0.666. The molecule has 0 aromatic heterocycles. The van der Waals surface area contributed by atoms with Gasteiger partial charge in [-0.25, -0.2) is 0 Å². The predicted octanol–water partition coefficient (Wildman–Crippen LogP) is 5.19. The van der Waals surface area contributed by atoms with Crippen LogP contribution in [0.15, 0.2) is 42.5 Å². The van der Waals surface area contributed by atoms with Gasteiger partial charge in [0.2, 0.25) is 0 Å². The van der Waals surface area contributed by atoms with Gasteiger partial charge in [-0.05, 0) is 84.6 Å². The van der Waals surface area contributed by atoms with Gasteiger partial charge in [0.25, 0.3) is 0 Å². The van der Waals surface area contributed by atoms with E-state index in [1.807, 2.05) is 0 Å². The van der Waals surface area contributed by atoms with Crippen LogP contribution in [0.4, 0.5) is 0 Å². The zero-order valence-electron chi connectivity index (χ0n) is 13.1. The van der Waals surface area contributed by atoms with Crippen molar-refractivity contribution in [2.24, 2.45) is 0 Å². The van der Waals surface area contributed by atoms with E-state index in [0.29, 0.717) is 6.04 Å². The van der Waals surface area contributed by atoms with Gasteiger partial charge in [-0.2, -0.15) is 0 Å². The highest BCUT2D eigenvalue weighted by atomic mass is 127. The Hall–Kier alpha value is -0.870. The van der Waals surface area contributed by atoms with Gasteiger partial charge in [-0.15, -0.1) is 0 Å². The lowest BCUT2D eigenvalue weighted by Crippen LogP contribution is -2.25. The molecule has 0 aliphatic rings. The van der Waals surface area contributed by atoms with Crippen molar-refractivity contribution in [3.63, 3.8) is 0 Å². The number of rotatable bonds is 6. The summed E-state index contributed by atoms with van der Waals surface area (Å²) in [6.45, 7) is 7.66. The lowest BCUT2D eigenvalue weighted by molar-refractivity contribution is 0.527. The lowest BCUT2D eigenvalue weighted by atomic mass is 9.94. The van der Waals surface area contributed by atoms with Crippen LogP contribution in [0.3, 0.4) is 0 Å². The molecule has 0 saturated carbocycles. The molecule has 0 fully saturated rings. The van der Waals surface area contributed by atoms with Crippen molar-refractivity contribution >= 4 is 22.6 Å². The van der Waals surface area contributed by atoms with Gasteiger partial charge in [0.05, 0.1) is 0 Å². The van der Waals surface area contributed by atoms with Crippen molar-refractivity contribution in [2.75, 3.05) is 6.54 Å². The summed E-state index contributed by atoms with van der Waals surface area (Å²) in [5.41, 5.74) is 5.54. The molecule has 1 unspecified atom stereocenters. The molecule has 21 heavy (non-hydrogen) atoms.